The highest BCUT2D eigenvalue weighted by atomic mass is 14.5. The van der Waals surface area contributed by atoms with Gasteiger partial charge in [-0.05, 0) is 42.4 Å². The minimum Gasteiger partial charge on any atom is -0.0654 e. The van der Waals surface area contributed by atoms with Crippen LogP contribution in [0.15, 0.2) is 0 Å². The molecule has 0 heterocycles. The summed E-state index contributed by atoms with van der Waals surface area (Å²) in [6.07, 6.45) is 11.7. The van der Waals surface area contributed by atoms with Gasteiger partial charge in [0.2, 0.25) is 0 Å². The van der Waals surface area contributed by atoms with Crippen molar-refractivity contribution in [1.29, 1.82) is 0 Å². The lowest BCUT2D eigenvalue weighted by atomic mass is 9.51. The fourth-order valence-corrected chi connectivity index (χ4v) is 3.44. The Morgan fingerprint density at radius 3 is 2.33 bits per heavy atom. The van der Waals surface area contributed by atoms with Crippen molar-refractivity contribution in [2.24, 2.45) is 16.7 Å². The van der Waals surface area contributed by atoms with Crippen molar-refractivity contribution in [2.75, 3.05) is 0 Å². The molecule has 1 aliphatic rings. The van der Waals surface area contributed by atoms with E-state index in [0.717, 1.165) is 5.92 Å². The zero-order chi connectivity index (χ0) is 11.5. The van der Waals surface area contributed by atoms with Gasteiger partial charge in [0.1, 0.15) is 0 Å². The molecule has 0 aromatic carbocycles. The van der Waals surface area contributed by atoms with Gasteiger partial charge in [-0.1, -0.05) is 53.9 Å². The molecule has 88 valence electrons. The molecule has 2 atom stereocenters. The molecule has 0 N–H and O–H groups in total. The van der Waals surface area contributed by atoms with Crippen LogP contribution < -0.4 is 0 Å². The molecular formula is C15H28. The number of hydrogen-bond acceptors (Lipinski definition) is 0. The van der Waals surface area contributed by atoms with E-state index in [-0.39, 0.29) is 0 Å². The summed E-state index contributed by atoms with van der Waals surface area (Å²) < 4.78 is 0. The molecule has 1 rings (SSSR count). The van der Waals surface area contributed by atoms with E-state index in [0.29, 0.717) is 10.8 Å². The molecule has 0 bridgehead atoms. The maximum Gasteiger partial charge on any atom is -0.0106 e. The zero-order valence-electron chi connectivity index (χ0n) is 11.3. The van der Waals surface area contributed by atoms with Gasteiger partial charge in [-0.2, -0.15) is 0 Å². The molecule has 0 heteroatoms. The second-order valence-electron chi connectivity index (χ2n) is 5.99. The molecule has 0 amide bonds. The molecule has 0 aliphatic heterocycles. The van der Waals surface area contributed by atoms with Gasteiger partial charge in [0, 0.05) is 0 Å². The number of hydrogen-bond donors (Lipinski definition) is 0. The Hall–Kier alpha value is 0. The van der Waals surface area contributed by atoms with Crippen LogP contribution in [-0.2, 0) is 0 Å². The summed E-state index contributed by atoms with van der Waals surface area (Å²) in [7, 11) is 0. The Bertz CT molecular complexity index is 190. The minimum absolute atomic E-state index is 0.307. The molecule has 1 aliphatic carbocycles. The Labute approximate surface area is 96.8 Å². The lowest BCUT2D eigenvalue weighted by molar-refractivity contribution is -0.00223. The summed E-state index contributed by atoms with van der Waals surface area (Å²) >= 11 is 0. The van der Waals surface area contributed by atoms with Crippen LogP contribution in [-0.4, -0.2) is 0 Å². The first-order valence-corrected chi connectivity index (χ1v) is 6.73. The van der Waals surface area contributed by atoms with Crippen molar-refractivity contribution < 1.29 is 0 Å². The topological polar surface area (TPSA) is 0 Å². The van der Waals surface area contributed by atoms with E-state index in [9.17, 15) is 0 Å². The molecule has 2 unspecified atom stereocenters. The van der Waals surface area contributed by atoms with Crippen molar-refractivity contribution in [3.63, 3.8) is 0 Å². The van der Waals surface area contributed by atoms with Gasteiger partial charge in [-0.15, -0.1) is 0 Å². The largest absolute Gasteiger partial charge is 0.0654 e. The Morgan fingerprint density at radius 2 is 1.80 bits per heavy atom. The standard InChI is InChI=1S/C15H28/c1-6-9-13-10-8-12-14(3,4)15(13,5)11-7-2/h13H,6-11H2,1-5H3. The first-order chi connectivity index (χ1) is 6.98. The molecule has 1 fully saturated rings. The maximum absolute atomic E-state index is 3.72. The third-order valence-electron chi connectivity index (χ3n) is 4.80. The quantitative estimate of drug-likeness (QED) is 0.602. The first kappa shape index (κ1) is 13.1. The second-order valence-corrected chi connectivity index (χ2v) is 5.99. The van der Waals surface area contributed by atoms with Crippen LogP contribution in [0.5, 0.6) is 0 Å². The van der Waals surface area contributed by atoms with E-state index in [2.05, 4.69) is 41.0 Å². The molecule has 0 saturated heterocycles. The average molecular weight is 208 g/mol. The van der Waals surface area contributed by atoms with Crippen LogP contribution in [0.2, 0.25) is 0 Å². The fourth-order valence-electron chi connectivity index (χ4n) is 3.44. The first-order valence-electron chi connectivity index (χ1n) is 6.73. The summed E-state index contributed by atoms with van der Waals surface area (Å²) in [5, 5.41) is 0. The lowest BCUT2D eigenvalue weighted by Gasteiger charge is -2.53. The summed E-state index contributed by atoms with van der Waals surface area (Å²) in [6.45, 7) is 11.9. The van der Waals surface area contributed by atoms with Gasteiger partial charge in [0.15, 0.2) is 0 Å². The molecule has 0 aromatic rings. The van der Waals surface area contributed by atoms with Crippen molar-refractivity contribution >= 4 is 0 Å². The van der Waals surface area contributed by atoms with Crippen LogP contribution in [0.25, 0.3) is 0 Å². The third-order valence-corrected chi connectivity index (χ3v) is 4.80. The van der Waals surface area contributed by atoms with E-state index in [1.807, 2.05) is 0 Å². The summed E-state index contributed by atoms with van der Waals surface area (Å²) in [6, 6.07) is 0. The molecule has 2 radical (unpaired) electrons. The van der Waals surface area contributed by atoms with Crippen LogP contribution >= 0.6 is 0 Å². The molecule has 0 spiro atoms. The van der Waals surface area contributed by atoms with E-state index in [1.165, 1.54) is 38.5 Å². The predicted molar refractivity (Wildman–Crippen MR) is 67.7 cm³/mol. The van der Waals surface area contributed by atoms with Crippen molar-refractivity contribution in [1.82, 2.24) is 0 Å². The third kappa shape index (κ3) is 2.40. The molecule has 0 aromatic heterocycles. The summed E-state index contributed by atoms with van der Waals surface area (Å²) in [4.78, 5) is 0. The molecule has 15 heavy (non-hydrogen) atoms. The van der Waals surface area contributed by atoms with Crippen molar-refractivity contribution in [3.8, 4) is 0 Å². The average Bonchev–Trinajstić information content (AvgIpc) is 2.14. The molecular weight excluding hydrogens is 180 g/mol. The number of rotatable bonds is 4. The van der Waals surface area contributed by atoms with Gasteiger partial charge < -0.3 is 0 Å². The van der Waals surface area contributed by atoms with E-state index < -0.39 is 0 Å². The normalized spacial score (nSPS) is 35.4. The van der Waals surface area contributed by atoms with Gasteiger partial charge in [0.25, 0.3) is 0 Å². The second kappa shape index (κ2) is 4.89. The van der Waals surface area contributed by atoms with E-state index in [4.69, 9.17) is 0 Å². The Kier molecular flexibility index (Phi) is 4.26. The van der Waals surface area contributed by atoms with Crippen LogP contribution in [0.1, 0.15) is 73.1 Å². The Morgan fingerprint density at radius 1 is 1.13 bits per heavy atom. The fraction of sp³-hybridized carbons (Fsp3) is 0.933. The smallest absolute Gasteiger partial charge is 0.0106 e. The van der Waals surface area contributed by atoms with Gasteiger partial charge in [-0.3, -0.25) is 0 Å². The predicted octanol–water partition coefficient (Wildman–Crippen LogP) is 5.11. The molecule has 1 saturated carbocycles. The molecule has 0 nitrogen and oxygen atoms in total. The van der Waals surface area contributed by atoms with Gasteiger partial charge in [-0.25, -0.2) is 0 Å². The van der Waals surface area contributed by atoms with Crippen LogP contribution in [0.4, 0.5) is 0 Å². The summed E-state index contributed by atoms with van der Waals surface area (Å²) in [5.41, 5.74) is 0.789. The SMILES string of the molecule is CCCC1CC[C]C(C)(C)C1(C)CCC. The maximum atomic E-state index is 3.72. The van der Waals surface area contributed by atoms with Gasteiger partial charge >= 0.3 is 0 Å². The highest BCUT2D eigenvalue weighted by Gasteiger charge is 2.47. The Balaban J connectivity index is 2.85. The minimum atomic E-state index is 0.307. The van der Waals surface area contributed by atoms with Crippen LogP contribution in [0.3, 0.4) is 0 Å². The zero-order valence-corrected chi connectivity index (χ0v) is 11.3. The van der Waals surface area contributed by atoms with Crippen molar-refractivity contribution in [2.45, 2.75) is 73.1 Å². The lowest BCUT2D eigenvalue weighted by Crippen LogP contribution is -2.45. The van der Waals surface area contributed by atoms with Crippen molar-refractivity contribution in [3.05, 3.63) is 6.42 Å². The monoisotopic (exact) mass is 208 g/mol. The van der Waals surface area contributed by atoms with Gasteiger partial charge in [0.05, 0.1) is 0 Å². The summed E-state index contributed by atoms with van der Waals surface area (Å²) in [5.74, 6) is 0.915. The highest BCUT2D eigenvalue weighted by Crippen LogP contribution is 2.56. The van der Waals surface area contributed by atoms with Crippen LogP contribution in [0, 0.1) is 23.2 Å². The van der Waals surface area contributed by atoms with E-state index in [1.54, 1.807) is 0 Å². The highest BCUT2D eigenvalue weighted by molar-refractivity contribution is 5.05. The van der Waals surface area contributed by atoms with E-state index >= 15 is 0 Å².